The lowest BCUT2D eigenvalue weighted by atomic mass is 10.1. The summed E-state index contributed by atoms with van der Waals surface area (Å²) in [7, 11) is 0. The van der Waals surface area contributed by atoms with Gasteiger partial charge in [-0.15, -0.1) is 0 Å². The number of carbonyl (C=O) groups is 1. The molecule has 0 aliphatic heterocycles. The Morgan fingerprint density at radius 2 is 1.70 bits per heavy atom. The molecule has 3 aromatic rings. The molecule has 0 bridgehead atoms. The molecule has 4 heteroatoms. The number of benzene rings is 2. The van der Waals surface area contributed by atoms with Crippen molar-refractivity contribution in [1.29, 1.82) is 0 Å². The van der Waals surface area contributed by atoms with Crippen LogP contribution in [0.4, 0.5) is 0 Å². The van der Waals surface area contributed by atoms with Crippen LogP contribution in [0.1, 0.15) is 22.5 Å². The molecule has 116 valence electrons. The van der Waals surface area contributed by atoms with Crippen LogP contribution in [-0.4, -0.2) is 17.4 Å². The van der Waals surface area contributed by atoms with Crippen LogP contribution < -0.4 is 5.32 Å². The lowest BCUT2D eigenvalue weighted by Crippen LogP contribution is -2.24. The third-order valence-corrected chi connectivity index (χ3v) is 3.52. The zero-order valence-corrected chi connectivity index (χ0v) is 12.7. The number of oxazole rings is 1. The Balaban J connectivity index is 1.50. The van der Waals surface area contributed by atoms with E-state index in [1.807, 2.05) is 48.5 Å². The molecular formula is C19H18N2O2. The minimum absolute atomic E-state index is 0.229. The first-order chi connectivity index (χ1) is 11.3. The van der Waals surface area contributed by atoms with Crippen molar-refractivity contribution in [2.45, 2.75) is 12.8 Å². The highest BCUT2D eigenvalue weighted by atomic mass is 16.4. The fourth-order valence-corrected chi connectivity index (χ4v) is 2.32. The van der Waals surface area contributed by atoms with E-state index < -0.39 is 0 Å². The second-order valence-corrected chi connectivity index (χ2v) is 5.24. The maximum atomic E-state index is 12.1. The van der Waals surface area contributed by atoms with E-state index in [4.69, 9.17) is 4.42 Å². The van der Waals surface area contributed by atoms with Crippen molar-refractivity contribution in [3.8, 4) is 11.5 Å². The van der Waals surface area contributed by atoms with E-state index in [0.717, 1.165) is 18.4 Å². The number of nitrogens with zero attached hydrogens (tertiary/aromatic N) is 1. The van der Waals surface area contributed by atoms with Crippen molar-refractivity contribution in [3.63, 3.8) is 0 Å². The fourth-order valence-electron chi connectivity index (χ4n) is 2.32. The van der Waals surface area contributed by atoms with Crippen LogP contribution in [0.3, 0.4) is 0 Å². The Hall–Kier alpha value is -2.88. The Bertz CT molecular complexity index is 751. The monoisotopic (exact) mass is 306 g/mol. The van der Waals surface area contributed by atoms with Gasteiger partial charge in [-0.3, -0.25) is 4.79 Å². The molecule has 0 spiro atoms. The number of aryl methyl sites for hydroxylation is 1. The second kappa shape index (κ2) is 7.40. The number of nitrogens with one attached hydrogen (secondary N) is 1. The van der Waals surface area contributed by atoms with Gasteiger partial charge in [0.05, 0.1) is 6.20 Å². The summed E-state index contributed by atoms with van der Waals surface area (Å²) in [6, 6.07) is 19.7. The van der Waals surface area contributed by atoms with Crippen molar-refractivity contribution >= 4 is 5.91 Å². The Labute approximate surface area is 135 Å². The predicted molar refractivity (Wildman–Crippen MR) is 89.0 cm³/mol. The van der Waals surface area contributed by atoms with E-state index in [9.17, 15) is 4.79 Å². The molecule has 3 rings (SSSR count). The van der Waals surface area contributed by atoms with Crippen LogP contribution in [0, 0.1) is 0 Å². The summed E-state index contributed by atoms with van der Waals surface area (Å²) in [6.07, 6.45) is 3.29. The third-order valence-electron chi connectivity index (χ3n) is 3.52. The topological polar surface area (TPSA) is 55.1 Å². The van der Waals surface area contributed by atoms with Gasteiger partial charge in [0.1, 0.15) is 0 Å². The van der Waals surface area contributed by atoms with E-state index in [2.05, 4.69) is 22.4 Å². The first kappa shape index (κ1) is 15.0. The lowest BCUT2D eigenvalue weighted by Gasteiger charge is -2.03. The number of amides is 1. The van der Waals surface area contributed by atoms with E-state index in [-0.39, 0.29) is 11.7 Å². The minimum Gasteiger partial charge on any atom is -0.431 e. The number of hydrogen-bond acceptors (Lipinski definition) is 3. The molecule has 0 saturated heterocycles. The predicted octanol–water partition coefficient (Wildman–Crippen LogP) is 3.70. The summed E-state index contributed by atoms with van der Waals surface area (Å²) < 4.78 is 5.52. The molecule has 2 aromatic carbocycles. The van der Waals surface area contributed by atoms with Gasteiger partial charge in [-0.05, 0) is 30.5 Å². The largest absolute Gasteiger partial charge is 0.431 e. The molecule has 0 radical (unpaired) electrons. The van der Waals surface area contributed by atoms with E-state index in [0.29, 0.717) is 12.4 Å². The average molecular weight is 306 g/mol. The van der Waals surface area contributed by atoms with Crippen molar-refractivity contribution in [2.24, 2.45) is 0 Å². The van der Waals surface area contributed by atoms with Crippen LogP contribution >= 0.6 is 0 Å². The maximum absolute atomic E-state index is 12.1. The van der Waals surface area contributed by atoms with Gasteiger partial charge in [0.25, 0.3) is 5.91 Å². The second-order valence-electron chi connectivity index (χ2n) is 5.24. The standard InChI is InChI=1S/C19H18N2O2/c22-18(20-13-7-10-15-8-3-1-4-9-15)17-14-21-19(23-17)16-11-5-2-6-12-16/h1-6,8-9,11-12,14H,7,10,13H2,(H,20,22). The van der Waals surface area contributed by atoms with Gasteiger partial charge in [-0.2, -0.15) is 0 Å². The van der Waals surface area contributed by atoms with Crippen LogP contribution in [-0.2, 0) is 6.42 Å². The number of hydrogen-bond donors (Lipinski definition) is 1. The van der Waals surface area contributed by atoms with Crippen LogP contribution in [0.2, 0.25) is 0 Å². The molecule has 1 aromatic heterocycles. The zero-order valence-electron chi connectivity index (χ0n) is 12.7. The van der Waals surface area contributed by atoms with Crippen molar-refractivity contribution in [3.05, 3.63) is 78.2 Å². The smallest absolute Gasteiger partial charge is 0.288 e. The normalized spacial score (nSPS) is 10.4. The molecule has 0 unspecified atom stereocenters. The van der Waals surface area contributed by atoms with E-state index in [1.54, 1.807) is 0 Å². The van der Waals surface area contributed by atoms with Gasteiger partial charge >= 0.3 is 0 Å². The van der Waals surface area contributed by atoms with E-state index >= 15 is 0 Å². The summed E-state index contributed by atoms with van der Waals surface area (Å²) in [5.41, 5.74) is 2.13. The highest BCUT2D eigenvalue weighted by molar-refractivity contribution is 5.91. The zero-order chi connectivity index (χ0) is 15.9. The van der Waals surface area contributed by atoms with Crippen molar-refractivity contribution in [1.82, 2.24) is 10.3 Å². The summed E-state index contributed by atoms with van der Waals surface area (Å²) >= 11 is 0. The van der Waals surface area contributed by atoms with Crippen LogP contribution in [0.25, 0.3) is 11.5 Å². The molecule has 0 fully saturated rings. The summed E-state index contributed by atoms with van der Waals surface area (Å²) in [6.45, 7) is 0.606. The van der Waals surface area contributed by atoms with Crippen LogP contribution in [0.15, 0.2) is 71.3 Å². The van der Waals surface area contributed by atoms with E-state index in [1.165, 1.54) is 11.8 Å². The van der Waals surface area contributed by atoms with Gasteiger partial charge in [0.15, 0.2) is 0 Å². The molecule has 23 heavy (non-hydrogen) atoms. The molecule has 0 aliphatic carbocycles. The molecule has 1 heterocycles. The molecule has 1 amide bonds. The molecule has 0 atom stereocenters. The van der Waals surface area contributed by atoms with Crippen molar-refractivity contribution < 1.29 is 9.21 Å². The van der Waals surface area contributed by atoms with Crippen LogP contribution in [0.5, 0.6) is 0 Å². The minimum atomic E-state index is -0.229. The van der Waals surface area contributed by atoms with Gasteiger partial charge < -0.3 is 9.73 Å². The molecular weight excluding hydrogens is 288 g/mol. The number of aromatic nitrogens is 1. The van der Waals surface area contributed by atoms with Gasteiger partial charge in [0, 0.05) is 12.1 Å². The Morgan fingerprint density at radius 1 is 1.00 bits per heavy atom. The summed E-state index contributed by atoms with van der Waals surface area (Å²) in [5, 5.41) is 2.86. The first-order valence-corrected chi connectivity index (χ1v) is 7.66. The first-order valence-electron chi connectivity index (χ1n) is 7.66. The third kappa shape index (κ3) is 4.07. The summed E-state index contributed by atoms with van der Waals surface area (Å²) in [5.74, 6) is 0.469. The average Bonchev–Trinajstić information content (AvgIpc) is 3.10. The highest BCUT2D eigenvalue weighted by Gasteiger charge is 2.12. The fraction of sp³-hybridized carbons (Fsp3) is 0.158. The molecule has 0 aliphatic rings. The quantitative estimate of drug-likeness (QED) is 0.706. The molecule has 1 N–H and O–H groups in total. The Kier molecular flexibility index (Phi) is 4.84. The van der Waals surface area contributed by atoms with Gasteiger partial charge in [-0.25, -0.2) is 4.98 Å². The van der Waals surface area contributed by atoms with Gasteiger partial charge in [-0.1, -0.05) is 48.5 Å². The van der Waals surface area contributed by atoms with Gasteiger partial charge in [0.2, 0.25) is 11.7 Å². The lowest BCUT2D eigenvalue weighted by molar-refractivity contribution is 0.0926. The molecule has 0 saturated carbocycles. The SMILES string of the molecule is O=C(NCCCc1ccccc1)c1cnc(-c2ccccc2)o1. The maximum Gasteiger partial charge on any atom is 0.288 e. The highest BCUT2D eigenvalue weighted by Crippen LogP contribution is 2.18. The number of carbonyl (C=O) groups excluding carboxylic acids is 1. The Morgan fingerprint density at radius 3 is 2.43 bits per heavy atom. The summed E-state index contributed by atoms with van der Waals surface area (Å²) in [4.78, 5) is 16.2. The van der Waals surface area contributed by atoms with Crippen molar-refractivity contribution in [2.75, 3.05) is 6.54 Å². The molecule has 4 nitrogen and oxygen atoms in total. The number of rotatable bonds is 6.